The van der Waals surface area contributed by atoms with E-state index < -0.39 is 0 Å². The molecule has 0 bridgehead atoms. The average molecular weight is 411 g/mol. The number of benzene rings is 1. The maximum absolute atomic E-state index is 5.69. The fourth-order valence-corrected chi connectivity index (χ4v) is 1.96. The van der Waals surface area contributed by atoms with Crippen molar-refractivity contribution in [2.75, 3.05) is 0 Å². The summed E-state index contributed by atoms with van der Waals surface area (Å²) in [5, 5.41) is 0.156. The Hall–Kier alpha value is -0.400. The van der Waals surface area contributed by atoms with Crippen LogP contribution in [0, 0.1) is 3.57 Å². The first kappa shape index (κ1) is 12.1. The van der Waals surface area contributed by atoms with E-state index in [-0.39, 0.29) is 5.28 Å². The van der Waals surface area contributed by atoms with Crippen molar-refractivity contribution in [1.29, 1.82) is 0 Å². The Morgan fingerprint density at radius 2 is 2.19 bits per heavy atom. The predicted octanol–water partition coefficient (Wildman–Crippen LogP) is 4.29. The topological polar surface area (TPSA) is 35.0 Å². The van der Waals surface area contributed by atoms with E-state index in [1.165, 1.54) is 0 Å². The zero-order valence-electron chi connectivity index (χ0n) is 7.82. The number of nitrogens with zero attached hydrogens (tertiary/aromatic N) is 2. The van der Waals surface area contributed by atoms with E-state index in [0.29, 0.717) is 16.1 Å². The maximum atomic E-state index is 5.69. The zero-order chi connectivity index (χ0) is 11.5. The highest BCUT2D eigenvalue weighted by Crippen LogP contribution is 2.28. The van der Waals surface area contributed by atoms with Crippen LogP contribution in [-0.2, 0) is 0 Å². The van der Waals surface area contributed by atoms with Gasteiger partial charge in [0.2, 0.25) is 11.2 Å². The van der Waals surface area contributed by atoms with E-state index in [0.717, 1.165) is 3.57 Å². The summed E-state index contributed by atoms with van der Waals surface area (Å²) in [6.45, 7) is 0. The van der Waals surface area contributed by atoms with Gasteiger partial charge in [0.05, 0.1) is 4.47 Å². The molecule has 0 aliphatic carbocycles. The minimum absolute atomic E-state index is 0.156. The summed E-state index contributed by atoms with van der Waals surface area (Å²) in [5.74, 6) is 1.12. The van der Waals surface area contributed by atoms with Gasteiger partial charge in [-0.15, -0.1) is 0 Å². The normalized spacial score (nSPS) is 10.2. The summed E-state index contributed by atoms with van der Waals surface area (Å²) < 4.78 is 7.34. The maximum Gasteiger partial charge on any atom is 0.237 e. The SMILES string of the molecule is Clc1ncc(Br)c(Oc2cccc(I)c2)n1. The molecule has 0 N–H and O–H groups in total. The number of rotatable bonds is 2. The molecular formula is C10H5BrClIN2O. The lowest BCUT2D eigenvalue weighted by Gasteiger charge is -2.06. The summed E-state index contributed by atoms with van der Waals surface area (Å²) in [6, 6.07) is 7.65. The summed E-state index contributed by atoms with van der Waals surface area (Å²) in [6.07, 6.45) is 1.55. The molecule has 0 amide bonds. The van der Waals surface area contributed by atoms with E-state index >= 15 is 0 Å². The first-order valence-corrected chi connectivity index (χ1v) is 6.51. The Labute approximate surface area is 119 Å². The number of aromatic nitrogens is 2. The number of halogens is 3. The first-order valence-electron chi connectivity index (χ1n) is 4.26. The van der Waals surface area contributed by atoms with Crippen molar-refractivity contribution in [1.82, 2.24) is 9.97 Å². The molecule has 1 heterocycles. The minimum atomic E-state index is 0.156. The van der Waals surface area contributed by atoms with Crippen LogP contribution in [-0.4, -0.2) is 9.97 Å². The van der Waals surface area contributed by atoms with Crippen LogP contribution >= 0.6 is 50.1 Å². The first-order chi connectivity index (χ1) is 7.65. The van der Waals surface area contributed by atoms with Gasteiger partial charge in [0.15, 0.2) is 0 Å². The van der Waals surface area contributed by atoms with Gasteiger partial charge >= 0.3 is 0 Å². The zero-order valence-corrected chi connectivity index (χ0v) is 12.3. The number of hydrogen-bond acceptors (Lipinski definition) is 3. The van der Waals surface area contributed by atoms with E-state index in [1.54, 1.807) is 6.20 Å². The molecule has 1 aromatic carbocycles. The quantitative estimate of drug-likeness (QED) is 0.546. The van der Waals surface area contributed by atoms with Gasteiger partial charge in [-0.05, 0) is 68.3 Å². The number of hydrogen-bond donors (Lipinski definition) is 0. The summed E-state index contributed by atoms with van der Waals surface area (Å²) in [7, 11) is 0. The lowest BCUT2D eigenvalue weighted by molar-refractivity contribution is 0.458. The summed E-state index contributed by atoms with van der Waals surface area (Å²) in [5.41, 5.74) is 0. The highest BCUT2D eigenvalue weighted by atomic mass is 127. The molecule has 0 aliphatic heterocycles. The van der Waals surface area contributed by atoms with Gasteiger partial charge in [0.1, 0.15) is 5.75 Å². The van der Waals surface area contributed by atoms with Crippen LogP contribution < -0.4 is 4.74 Å². The second kappa shape index (κ2) is 5.29. The van der Waals surface area contributed by atoms with Gasteiger partial charge in [0, 0.05) is 9.77 Å². The molecule has 0 saturated carbocycles. The highest BCUT2D eigenvalue weighted by Gasteiger charge is 2.06. The van der Waals surface area contributed by atoms with Crippen molar-refractivity contribution in [2.24, 2.45) is 0 Å². The molecule has 0 radical (unpaired) electrons. The molecule has 0 saturated heterocycles. The van der Waals surface area contributed by atoms with Crippen LogP contribution in [0.4, 0.5) is 0 Å². The molecule has 82 valence electrons. The number of ether oxygens (including phenoxy) is 1. The van der Waals surface area contributed by atoms with E-state index in [2.05, 4.69) is 48.5 Å². The van der Waals surface area contributed by atoms with Crippen molar-refractivity contribution in [3.05, 3.63) is 43.8 Å². The van der Waals surface area contributed by atoms with Crippen molar-refractivity contribution in [3.63, 3.8) is 0 Å². The van der Waals surface area contributed by atoms with Crippen molar-refractivity contribution < 1.29 is 4.74 Å². The van der Waals surface area contributed by atoms with Gasteiger partial charge in [-0.25, -0.2) is 4.98 Å². The second-order valence-corrected chi connectivity index (χ2v) is 5.29. The molecule has 0 unspecified atom stereocenters. The van der Waals surface area contributed by atoms with Crippen LogP contribution in [0.3, 0.4) is 0 Å². The van der Waals surface area contributed by atoms with E-state index in [9.17, 15) is 0 Å². The van der Waals surface area contributed by atoms with Crippen LogP contribution in [0.5, 0.6) is 11.6 Å². The third-order valence-corrected chi connectivity index (χ3v) is 3.09. The Morgan fingerprint density at radius 3 is 2.94 bits per heavy atom. The van der Waals surface area contributed by atoms with Crippen molar-refractivity contribution in [3.8, 4) is 11.6 Å². The van der Waals surface area contributed by atoms with E-state index in [4.69, 9.17) is 16.3 Å². The molecule has 3 nitrogen and oxygen atoms in total. The van der Waals surface area contributed by atoms with Crippen molar-refractivity contribution >= 4 is 50.1 Å². The van der Waals surface area contributed by atoms with Crippen LogP contribution in [0.15, 0.2) is 34.9 Å². The van der Waals surface area contributed by atoms with Gasteiger partial charge in [-0.3, -0.25) is 0 Å². The summed E-state index contributed by atoms with van der Waals surface area (Å²) >= 11 is 11.2. The van der Waals surface area contributed by atoms with Gasteiger partial charge in [0.25, 0.3) is 0 Å². The van der Waals surface area contributed by atoms with Crippen molar-refractivity contribution in [2.45, 2.75) is 0 Å². The van der Waals surface area contributed by atoms with Crippen LogP contribution in [0.1, 0.15) is 0 Å². The minimum Gasteiger partial charge on any atom is -0.438 e. The third-order valence-electron chi connectivity index (χ3n) is 1.69. The Morgan fingerprint density at radius 1 is 1.38 bits per heavy atom. The lowest BCUT2D eigenvalue weighted by Crippen LogP contribution is -1.91. The predicted molar refractivity (Wildman–Crippen MR) is 74.0 cm³/mol. The monoisotopic (exact) mass is 410 g/mol. The highest BCUT2D eigenvalue weighted by molar-refractivity contribution is 14.1. The van der Waals surface area contributed by atoms with Crippen LogP contribution in [0.25, 0.3) is 0 Å². The fourth-order valence-electron chi connectivity index (χ4n) is 1.04. The summed E-state index contributed by atoms with van der Waals surface area (Å²) in [4.78, 5) is 7.80. The molecule has 0 aliphatic rings. The molecule has 0 fully saturated rings. The fraction of sp³-hybridized carbons (Fsp3) is 0. The largest absolute Gasteiger partial charge is 0.438 e. The Balaban J connectivity index is 2.30. The second-order valence-electron chi connectivity index (χ2n) is 2.85. The average Bonchev–Trinajstić information content (AvgIpc) is 2.24. The van der Waals surface area contributed by atoms with Crippen LogP contribution in [0.2, 0.25) is 5.28 Å². The molecular weight excluding hydrogens is 406 g/mol. The van der Waals surface area contributed by atoms with E-state index in [1.807, 2.05) is 24.3 Å². The molecule has 0 spiro atoms. The van der Waals surface area contributed by atoms with Gasteiger partial charge < -0.3 is 4.74 Å². The standard InChI is InChI=1S/C10H5BrClIN2O/c11-8-5-14-10(12)15-9(8)16-7-3-1-2-6(13)4-7/h1-5H. The molecule has 2 aromatic rings. The van der Waals surface area contributed by atoms with Gasteiger partial charge in [-0.2, -0.15) is 4.98 Å². The molecule has 16 heavy (non-hydrogen) atoms. The molecule has 2 rings (SSSR count). The molecule has 6 heteroatoms. The third kappa shape index (κ3) is 3.05. The van der Waals surface area contributed by atoms with Gasteiger partial charge in [-0.1, -0.05) is 6.07 Å². The Kier molecular flexibility index (Phi) is 3.99. The molecule has 1 aromatic heterocycles. The Bertz CT molecular complexity index is 524. The smallest absolute Gasteiger partial charge is 0.237 e. The lowest BCUT2D eigenvalue weighted by atomic mass is 10.3. The molecule has 0 atom stereocenters.